The van der Waals surface area contributed by atoms with Gasteiger partial charge in [0.05, 0.1) is 5.92 Å². The Hall–Kier alpha value is -3.40. The highest BCUT2D eigenvalue weighted by Gasteiger charge is 2.37. The molecule has 3 aromatic rings. The van der Waals surface area contributed by atoms with Gasteiger partial charge in [0.15, 0.2) is 0 Å². The van der Waals surface area contributed by atoms with E-state index in [0.717, 1.165) is 27.9 Å². The molecule has 1 heterocycles. The largest absolute Gasteiger partial charge is 0.426 e. The fourth-order valence-corrected chi connectivity index (χ4v) is 3.86. The number of rotatable bonds is 4. The van der Waals surface area contributed by atoms with Gasteiger partial charge in [-0.1, -0.05) is 60.7 Å². The average Bonchev–Trinajstić information content (AvgIpc) is 3.11. The van der Waals surface area contributed by atoms with Crippen LogP contribution >= 0.6 is 0 Å². The molecule has 1 saturated heterocycles. The fourth-order valence-electron chi connectivity index (χ4n) is 3.86. The third-order valence-electron chi connectivity index (χ3n) is 5.35. The number of nitrogens with zero attached hydrogens (tertiary/aromatic N) is 1. The number of aryl methyl sites for hydroxylation is 2. The number of esters is 1. The van der Waals surface area contributed by atoms with E-state index < -0.39 is 5.92 Å². The van der Waals surface area contributed by atoms with Crippen LogP contribution in [0, 0.1) is 19.8 Å². The number of anilines is 1. The molecule has 0 N–H and O–H groups in total. The van der Waals surface area contributed by atoms with E-state index in [1.54, 1.807) is 17.0 Å². The molecule has 4 heteroatoms. The number of hydrogen-bond acceptors (Lipinski definition) is 3. The van der Waals surface area contributed by atoms with Crippen LogP contribution < -0.4 is 9.64 Å². The van der Waals surface area contributed by atoms with Crippen LogP contribution in [0.3, 0.4) is 0 Å². The second kappa shape index (κ2) is 7.92. The van der Waals surface area contributed by atoms with Gasteiger partial charge in [-0.25, -0.2) is 0 Å². The van der Waals surface area contributed by atoms with Crippen molar-refractivity contribution in [2.24, 2.45) is 5.92 Å². The molecule has 0 spiro atoms. The second-order valence-corrected chi connectivity index (χ2v) is 7.46. The number of carbonyl (C=O) groups is 2. The molecule has 1 amide bonds. The zero-order valence-corrected chi connectivity index (χ0v) is 16.6. The van der Waals surface area contributed by atoms with Crippen LogP contribution in [-0.4, -0.2) is 18.4 Å². The summed E-state index contributed by atoms with van der Waals surface area (Å²) in [5.41, 5.74) is 5.13. The van der Waals surface area contributed by atoms with E-state index in [1.807, 2.05) is 74.5 Å². The molecule has 4 nitrogen and oxygen atoms in total. The molecule has 146 valence electrons. The lowest BCUT2D eigenvalue weighted by molar-refractivity contribution is -0.139. The SMILES string of the molecule is Cc1cccc(C)c1N1C[C@@H](C(=O)Oc2ccc(-c3ccccc3)cc2)CC1=O. The van der Waals surface area contributed by atoms with Crippen molar-refractivity contribution in [2.75, 3.05) is 11.4 Å². The van der Waals surface area contributed by atoms with Gasteiger partial charge in [-0.2, -0.15) is 0 Å². The van der Waals surface area contributed by atoms with E-state index in [2.05, 4.69) is 0 Å². The Labute approximate surface area is 170 Å². The monoisotopic (exact) mass is 385 g/mol. The van der Waals surface area contributed by atoms with Gasteiger partial charge >= 0.3 is 5.97 Å². The van der Waals surface area contributed by atoms with Crippen molar-refractivity contribution in [3.8, 4) is 16.9 Å². The van der Waals surface area contributed by atoms with Crippen LogP contribution in [-0.2, 0) is 9.59 Å². The number of carbonyl (C=O) groups excluding carboxylic acids is 2. The lowest BCUT2D eigenvalue weighted by atomic mass is 10.1. The maximum Gasteiger partial charge on any atom is 0.316 e. The minimum absolute atomic E-state index is 0.0382. The van der Waals surface area contributed by atoms with Gasteiger partial charge in [0.1, 0.15) is 5.75 Å². The number of hydrogen-bond donors (Lipinski definition) is 0. The predicted octanol–water partition coefficient (Wildman–Crippen LogP) is 4.93. The highest BCUT2D eigenvalue weighted by Crippen LogP contribution is 2.31. The van der Waals surface area contributed by atoms with E-state index in [9.17, 15) is 9.59 Å². The Balaban J connectivity index is 1.45. The maximum absolute atomic E-state index is 12.7. The molecule has 1 fully saturated rings. The molecular weight excluding hydrogens is 362 g/mol. The molecule has 29 heavy (non-hydrogen) atoms. The van der Waals surface area contributed by atoms with Gasteiger partial charge < -0.3 is 9.64 Å². The molecule has 0 saturated carbocycles. The first kappa shape index (κ1) is 18.9. The van der Waals surface area contributed by atoms with Crippen molar-refractivity contribution < 1.29 is 14.3 Å². The van der Waals surface area contributed by atoms with E-state index >= 15 is 0 Å². The number of para-hydroxylation sites is 1. The van der Waals surface area contributed by atoms with E-state index in [1.165, 1.54) is 0 Å². The van der Waals surface area contributed by atoms with Gasteiger partial charge in [-0.3, -0.25) is 9.59 Å². The Kier molecular flexibility index (Phi) is 5.17. The summed E-state index contributed by atoms with van der Waals surface area (Å²) in [6.07, 6.45) is 0.175. The highest BCUT2D eigenvalue weighted by molar-refractivity contribution is 6.00. The summed E-state index contributed by atoms with van der Waals surface area (Å²) < 4.78 is 5.56. The summed E-state index contributed by atoms with van der Waals surface area (Å²) in [4.78, 5) is 26.9. The van der Waals surface area contributed by atoms with E-state index in [0.29, 0.717) is 12.3 Å². The number of ether oxygens (including phenoxy) is 1. The van der Waals surface area contributed by atoms with Crippen molar-refractivity contribution in [1.29, 1.82) is 0 Å². The van der Waals surface area contributed by atoms with Crippen molar-refractivity contribution >= 4 is 17.6 Å². The molecule has 1 atom stereocenters. The Bertz CT molecular complexity index is 1020. The topological polar surface area (TPSA) is 46.6 Å². The lowest BCUT2D eigenvalue weighted by Gasteiger charge is -2.21. The molecule has 0 aromatic heterocycles. The smallest absolute Gasteiger partial charge is 0.316 e. The second-order valence-electron chi connectivity index (χ2n) is 7.46. The molecule has 1 aliphatic rings. The standard InChI is InChI=1S/C25H23NO3/c1-17-7-6-8-18(2)24(17)26-16-21(15-23(26)27)25(28)29-22-13-11-20(12-14-22)19-9-4-3-5-10-19/h3-14,21H,15-16H2,1-2H3/t21-/m0/s1. The molecule has 0 aliphatic carbocycles. The molecular formula is C25H23NO3. The first-order valence-corrected chi connectivity index (χ1v) is 9.76. The summed E-state index contributed by atoms with van der Waals surface area (Å²) in [6, 6.07) is 23.4. The average molecular weight is 385 g/mol. The van der Waals surface area contributed by atoms with Gasteiger partial charge in [0.25, 0.3) is 0 Å². The van der Waals surface area contributed by atoms with Crippen LogP contribution in [0.15, 0.2) is 72.8 Å². The Morgan fingerprint density at radius 1 is 0.862 bits per heavy atom. The van der Waals surface area contributed by atoms with Crippen LogP contribution in [0.4, 0.5) is 5.69 Å². The summed E-state index contributed by atoms with van der Waals surface area (Å²) in [7, 11) is 0. The van der Waals surface area contributed by atoms with Crippen LogP contribution in [0.2, 0.25) is 0 Å². The Morgan fingerprint density at radius 3 is 2.14 bits per heavy atom. The summed E-state index contributed by atoms with van der Waals surface area (Å²) in [5.74, 6) is -0.369. The summed E-state index contributed by atoms with van der Waals surface area (Å²) in [6.45, 7) is 4.32. The number of benzene rings is 3. The summed E-state index contributed by atoms with van der Waals surface area (Å²) >= 11 is 0. The first-order chi connectivity index (χ1) is 14.0. The van der Waals surface area contributed by atoms with Crippen molar-refractivity contribution in [3.05, 3.63) is 83.9 Å². The fraction of sp³-hybridized carbons (Fsp3) is 0.200. The van der Waals surface area contributed by atoms with Crippen molar-refractivity contribution in [2.45, 2.75) is 20.3 Å². The van der Waals surface area contributed by atoms with Crippen LogP contribution in [0.1, 0.15) is 17.5 Å². The Morgan fingerprint density at radius 2 is 1.48 bits per heavy atom. The van der Waals surface area contributed by atoms with Gasteiger partial charge in [-0.05, 0) is 48.2 Å². The highest BCUT2D eigenvalue weighted by atomic mass is 16.5. The maximum atomic E-state index is 12.7. The van der Waals surface area contributed by atoms with Crippen LogP contribution in [0.5, 0.6) is 5.75 Å². The molecule has 0 bridgehead atoms. The minimum Gasteiger partial charge on any atom is -0.426 e. The van der Waals surface area contributed by atoms with Crippen LogP contribution in [0.25, 0.3) is 11.1 Å². The van der Waals surface area contributed by atoms with Crippen molar-refractivity contribution in [3.63, 3.8) is 0 Å². The third kappa shape index (κ3) is 3.92. The molecule has 3 aromatic carbocycles. The molecule has 4 rings (SSSR count). The van der Waals surface area contributed by atoms with Gasteiger partial charge in [0, 0.05) is 18.7 Å². The van der Waals surface area contributed by atoms with E-state index in [-0.39, 0.29) is 18.3 Å². The zero-order valence-electron chi connectivity index (χ0n) is 16.6. The predicted molar refractivity (Wildman–Crippen MR) is 114 cm³/mol. The number of amides is 1. The van der Waals surface area contributed by atoms with E-state index in [4.69, 9.17) is 4.74 Å². The van der Waals surface area contributed by atoms with Gasteiger partial charge in [0.2, 0.25) is 5.91 Å². The minimum atomic E-state index is -0.463. The third-order valence-corrected chi connectivity index (χ3v) is 5.35. The van der Waals surface area contributed by atoms with Crippen molar-refractivity contribution in [1.82, 2.24) is 0 Å². The quantitative estimate of drug-likeness (QED) is 0.473. The molecule has 1 aliphatic heterocycles. The molecule has 0 unspecified atom stereocenters. The normalized spacial score (nSPS) is 16.1. The lowest BCUT2D eigenvalue weighted by Crippen LogP contribution is -2.28. The van der Waals surface area contributed by atoms with Gasteiger partial charge in [-0.15, -0.1) is 0 Å². The molecule has 0 radical (unpaired) electrons. The first-order valence-electron chi connectivity index (χ1n) is 9.76. The summed E-state index contributed by atoms with van der Waals surface area (Å²) in [5, 5.41) is 0. The zero-order chi connectivity index (χ0) is 20.4.